The van der Waals surface area contributed by atoms with Gasteiger partial charge in [-0.1, -0.05) is 23.2 Å². The Kier molecular flexibility index (Phi) is 6.46. The van der Waals surface area contributed by atoms with E-state index >= 15 is 0 Å². The smallest absolute Gasteiger partial charge is 0.304 e. The van der Waals surface area contributed by atoms with Crippen LogP contribution in [-0.4, -0.2) is 22.5 Å². The monoisotopic (exact) mass is 433 g/mol. The Morgan fingerprint density at radius 1 is 1.00 bits per heavy atom. The minimum atomic E-state index is -1.72. The zero-order valence-corrected chi connectivity index (χ0v) is 16.6. The molecule has 0 radical (unpaired) electrons. The molecule has 3 amide bonds. The maximum absolute atomic E-state index is 13.8. The number of anilines is 1. The van der Waals surface area contributed by atoms with Crippen molar-refractivity contribution < 1.29 is 22.8 Å². The summed E-state index contributed by atoms with van der Waals surface area (Å²) >= 11 is 11.8. The van der Waals surface area contributed by atoms with E-state index in [0.717, 1.165) is 11.1 Å². The number of hydrogen-bond donors (Lipinski definition) is 2. The van der Waals surface area contributed by atoms with Gasteiger partial charge in [0.25, 0.3) is 5.91 Å². The largest absolute Gasteiger partial charge is 0.341 e. The fourth-order valence-electron chi connectivity index (χ4n) is 2.15. The van der Waals surface area contributed by atoms with E-state index < -0.39 is 40.6 Å². The number of nitrogens with one attached hydrogen (secondary N) is 2. The van der Waals surface area contributed by atoms with Crippen LogP contribution in [0.4, 0.5) is 23.7 Å². The van der Waals surface area contributed by atoms with Crippen LogP contribution in [0, 0.1) is 17.5 Å². The molecule has 0 spiro atoms. The second-order valence-corrected chi connectivity index (χ2v) is 7.57. The first-order valence-electron chi connectivity index (χ1n) is 7.92. The molecule has 150 valence electrons. The molecular formula is C18H16Cl2F3N3O2. The van der Waals surface area contributed by atoms with E-state index in [4.69, 9.17) is 23.2 Å². The van der Waals surface area contributed by atoms with Crippen LogP contribution in [-0.2, 0) is 0 Å². The molecule has 2 N–H and O–H groups in total. The average molecular weight is 434 g/mol. The first-order chi connectivity index (χ1) is 12.9. The summed E-state index contributed by atoms with van der Waals surface area (Å²) in [7, 11) is 0. The van der Waals surface area contributed by atoms with Crippen molar-refractivity contribution in [2.45, 2.75) is 26.3 Å². The standard InChI is InChI=1S/C18H16Cl2F3N3O2/c1-18(2,3)26(25-16(27)10-5-4-9(19)8-11(10)20)17(28)24-13-7-6-12(21)14(22)15(13)23/h4-8H,1-3H3,(H,24,28)(H,25,27). The zero-order valence-electron chi connectivity index (χ0n) is 15.0. The predicted molar refractivity (Wildman–Crippen MR) is 101 cm³/mol. The molecule has 0 aliphatic heterocycles. The highest BCUT2D eigenvalue weighted by molar-refractivity contribution is 6.36. The van der Waals surface area contributed by atoms with Crippen LogP contribution in [0.3, 0.4) is 0 Å². The van der Waals surface area contributed by atoms with Crippen LogP contribution < -0.4 is 10.7 Å². The molecule has 0 heterocycles. The lowest BCUT2D eigenvalue weighted by atomic mass is 10.1. The highest BCUT2D eigenvalue weighted by Crippen LogP contribution is 2.23. The Labute approximate surface area is 169 Å². The predicted octanol–water partition coefficient (Wildman–Crippen LogP) is 5.39. The lowest BCUT2D eigenvalue weighted by molar-refractivity contribution is 0.0687. The van der Waals surface area contributed by atoms with Gasteiger partial charge >= 0.3 is 6.03 Å². The van der Waals surface area contributed by atoms with Gasteiger partial charge in [-0.25, -0.2) is 23.0 Å². The number of hydrazine groups is 1. The number of halogens is 5. The van der Waals surface area contributed by atoms with Crippen LogP contribution >= 0.6 is 23.2 Å². The van der Waals surface area contributed by atoms with Crippen molar-refractivity contribution in [3.8, 4) is 0 Å². The van der Waals surface area contributed by atoms with Crippen molar-refractivity contribution in [1.29, 1.82) is 0 Å². The Morgan fingerprint density at radius 3 is 2.21 bits per heavy atom. The first-order valence-corrected chi connectivity index (χ1v) is 8.68. The molecule has 0 saturated heterocycles. The van der Waals surface area contributed by atoms with E-state index in [-0.39, 0.29) is 10.6 Å². The van der Waals surface area contributed by atoms with Gasteiger partial charge in [0.2, 0.25) is 0 Å². The summed E-state index contributed by atoms with van der Waals surface area (Å²) < 4.78 is 40.3. The number of benzene rings is 2. The van der Waals surface area contributed by atoms with Gasteiger partial charge in [-0.2, -0.15) is 0 Å². The molecule has 0 unspecified atom stereocenters. The summed E-state index contributed by atoms with van der Waals surface area (Å²) in [4.78, 5) is 25.1. The fraction of sp³-hybridized carbons (Fsp3) is 0.222. The SMILES string of the molecule is CC(C)(C)N(NC(=O)c1ccc(Cl)cc1Cl)C(=O)Nc1ccc(F)c(F)c1F. The van der Waals surface area contributed by atoms with Crippen LogP contribution in [0.2, 0.25) is 10.0 Å². The summed E-state index contributed by atoms with van der Waals surface area (Å²) in [5.74, 6) is -5.40. The highest BCUT2D eigenvalue weighted by Gasteiger charge is 2.30. The molecule has 0 saturated carbocycles. The quantitative estimate of drug-likeness (QED) is 0.492. The normalized spacial score (nSPS) is 11.1. The summed E-state index contributed by atoms with van der Waals surface area (Å²) in [6.45, 7) is 4.79. The summed E-state index contributed by atoms with van der Waals surface area (Å²) in [6.07, 6.45) is 0. The minimum absolute atomic E-state index is 0.0483. The van der Waals surface area contributed by atoms with Gasteiger partial charge < -0.3 is 5.32 Å². The van der Waals surface area contributed by atoms with Gasteiger partial charge in [-0.05, 0) is 51.1 Å². The maximum atomic E-state index is 13.8. The molecule has 2 aromatic rings. The van der Waals surface area contributed by atoms with E-state index in [9.17, 15) is 22.8 Å². The molecule has 2 aromatic carbocycles. The topological polar surface area (TPSA) is 61.4 Å². The van der Waals surface area contributed by atoms with Gasteiger partial charge in [0.15, 0.2) is 17.5 Å². The molecule has 28 heavy (non-hydrogen) atoms. The summed E-state index contributed by atoms with van der Waals surface area (Å²) in [5, 5.41) is 3.36. The second kappa shape index (κ2) is 8.28. The number of nitrogens with zero attached hydrogens (tertiary/aromatic N) is 1. The molecule has 0 aliphatic carbocycles. The van der Waals surface area contributed by atoms with E-state index in [0.29, 0.717) is 11.1 Å². The molecule has 5 nitrogen and oxygen atoms in total. The average Bonchev–Trinajstić information content (AvgIpc) is 2.58. The van der Waals surface area contributed by atoms with Gasteiger partial charge in [0.1, 0.15) is 0 Å². The molecule has 0 atom stereocenters. The van der Waals surface area contributed by atoms with Crippen molar-refractivity contribution in [3.05, 3.63) is 63.4 Å². The third-order valence-corrected chi connectivity index (χ3v) is 4.09. The van der Waals surface area contributed by atoms with Crippen molar-refractivity contribution in [2.24, 2.45) is 0 Å². The van der Waals surface area contributed by atoms with Crippen molar-refractivity contribution in [1.82, 2.24) is 10.4 Å². The lowest BCUT2D eigenvalue weighted by Crippen LogP contribution is -2.57. The van der Waals surface area contributed by atoms with Crippen LogP contribution in [0.1, 0.15) is 31.1 Å². The van der Waals surface area contributed by atoms with Crippen LogP contribution in [0.5, 0.6) is 0 Å². The van der Waals surface area contributed by atoms with Crippen LogP contribution in [0.15, 0.2) is 30.3 Å². The zero-order chi connectivity index (χ0) is 21.2. The third-order valence-electron chi connectivity index (χ3n) is 3.54. The summed E-state index contributed by atoms with van der Waals surface area (Å²) in [6, 6.07) is 4.73. The Morgan fingerprint density at radius 2 is 1.64 bits per heavy atom. The highest BCUT2D eigenvalue weighted by atomic mass is 35.5. The molecule has 10 heteroatoms. The molecule has 0 aliphatic rings. The Balaban J connectivity index is 2.27. The molecule has 0 aromatic heterocycles. The van der Waals surface area contributed by atoms with E-state index in [2.05, 4.69) is 10.7 Å². The number of carbonyl (C=O) groups excluding carboxylic acids is 2. The number of carbonyl (C=O) groups is 2. The number of rotatable bonds is 2. The molecular weight excluding hydrogens is 418 g/mol. The van der Waals surface area contributed by atoms with Gasteiger partial charge in [-0.3, -0.25) is 10.2 Å². The van der Waals surface area contributed by atoms with Gasteiger partial charge in [0, 0.05) is 5.02 Å². The third kappa shape index (κ3) is 4.88. The fourth-order valence-corrected chi connectivity index (χ4v) is 2.65. The first kappa shape index (κ1) is 21.8. The maximum Gasteiger partial charge on any atom is 0.341 e. The number of urea groups is 1. The summed E-state index contributed by atoms with van der Waals surface area (Å²) in [5.41, 5.74) is 0.861. The minimum Gasteiger partial charge on any atom is -0.304 e. The lowest BCUT2D eigenvalue weighted by Gasteiger charge is -2.35. The van der Waals surface area contributed by atoms with E-state index in [1.54, 1.807) is 20.8 Å². The Bertz CT molecular complexity index is 933. The van der Waals surface area contributed by atoms with Crippen molar-refractivity contribution >= 4 is 40.8 Å². The van der Waals surface area contributed by atoms with Gasteiger partial charge in [0.05, 0.1) is 21.8 Å². The number of hydrogen-bond acceptors (Lipinski definition) is 2. The molecule has 0 fully saturated rings. The number of amides is 3. The van der Waals surface area contributed by atoms with Crippen LogP contribution in [0.25, 0.3) is 0 Å². The van der Waals surface area contributed by atoms with E-state index in [1.807, 2.05) is 0 Å². The second-order valence-electron chi connectivity index (χ2n) is 6.72. The van der Waals surface area contributed by atoms with E-state index in [1.165, 1.54) is 18.2 Å². The van der Waals surface area contributed by atoms with Crippen molar-refractivity contribution in [3.63, 3.8) is 0 Å². The van der Waals surface area contributed by atoms with Crippen molar-refractivity contribution in [2.75, 3.05) is 5.32 Å². The van der Waals surface area contributed by atoms with Gasteiger partial charge in [-0.15, -0.1) is 0 Å². The molecule has 0 bridgehead atoms. The Hall–Kier alpha value is -2.45. The molecule has 2 rings (SSSR count).